The van der Waals surface area contributed by atoms with Gasteiger partial charge in [0, 0.05) is 10.6 Å². The Morgan fingerprint density at radius 3 is 2.20 bits per heavy atom. The topological polar surface area (TPSA) is 150 Å². The second-order valence-electron chi connectivity index (χ2n) is 8.26. The molecule has 2 rings (SSSR count). The lowest BCUT2D eigenvalue weighted by Crippen LogP contribution is -2.54. The number of nitrogens with zero attached hydrogens (tertiary/aromatic N) is 2. The summed E-state index contributed by atoms with van der Waals surface area (Å²) in [4.78, 5) is 40.5. The van der Waals surface area contributed by atoms with E-state index in [4.69, 9.17) is 16.3 Å². The molecular formula is C19H20ClF3N2O10. The summed E-state index contributed by atoms with van der Waals surface area (Å²) < 4.78 is 56.4. The fraction of sp³-hybridized carbons (Fsp3) is 0.526. The third-order valence-corrected chi connectivity index (χ3v) is 4.92. The normalized spacial score (nSPS) is 17.3. The van der Waals surface area contributed by atoms with Crippen molar-refractivity contribution in [2.75, 3.05) is 19.8 Å². The van der Waals surface area contributed by atoms with E-state index in [2.05, 4.69) is 19.1 Å². The average Bonchev–Trinajstić information content (AvgIpc) is 2.72. The van der Waals surface area contributed by atoms with Crippen LogP contribution in [0.3, 0.4) is 0 Å². The molecule has 0 amide bonds. The van der Waals surface area contributed by atoms with Crippen molar-refractivity contribution >= 4 is 23.8 Å². The quantitative estimate of drug-likeness (QED) is 0.258. The van der Waals surface area contributed by atoms with E-state index in [0.717, 1.165) is 6.08 Å². The molecule has 0 radical (unpaired) electrons. The van der Waals surface area contributed by atoms with Gasteiger partial charge in [0.25, 0.3) is 15.8 Å². The zero-order valence-electron chi connectivity index (χ0n) is 18.5. The van der Waals surface area contributed by atoms with Gasteiger partial charge >= 0.3 is 12.3 Å². The van der Waals surface area contributed by atoms with E-state index in [1.54, 1.807) is 20.8 Å². The van der Waals surface area contributed by atoms with Crippen LogP contribution in [0.1, 0.15) is 31.9 Å². The summed E-state index contributed by atoms with van der Waals surface area (Å²) in [5, 5.41) is 18.4. The number of rotatable bonds is 9. The minimum absolute atomic E-state index is 0.159. The first kappa shape index (κ1) is 27.8. The van der Waals surface area contributed by atoms with Gasteiger partial charge in [-0.15, -0.1) is 20.2 Å². The van der Waals surface area contributed by atoms with E-state index in [1.165, 1.54) is 12.1 Å². The molecule has 1 heterocycles. The van der Waals surface area contributed by atoms with Crippen molar-refractivity contribution in [3.8, 4) is 5.75 Å². The molecule has 12 nitrogen and oxygen atoms in total. The third kappa shape index (κ3) is 7.24. The van der Waals surface area contributed by atoms with Crippen molar-refractivity contribution in [1.82, 2.24) is 0 Å². The minimum atomic E-state index is -5.06. The molecule has 0 bridgehead atoms. The van der Waals surface area contributed by atoms with Crippen molar-refractivity contribution in [2.24, 2.45) is 0 Å². The number of ether oxygens (including phenoxy) is 3. The Kier molecular flexibility index (Phi) is 8.26. The standard InChI is InChI=1S/C19H20ClF3N2O10/c1-17(2,3)13-7-15-11(6-14(13)20)4-5-18(35-15,19(21,22)23)10-31-16(26)34-12(8-32-24(27)28)9-33-25(29)30/h4-7,12H,8-10H2,1-3H3. The highest BCUT2D eigenvalue weighted by Crippen LogP contribution is 2.44. The predicted molar refractivity (Wildman–Crippen MR) is 111 cm³/mol. The highest BCUT2D eigenvalue weighted by molar-refractivity contribution is 6.31. The zero-order valence-corrected chi connectivity index (χ0v) is 19.3. The van der Waals surface area contributed by atoms with Crippen LogP contribution in [0.2, 0.25) is 5.02 Å². The van der Waals surface area contributed by atoms with Crippen molar-refractivity contribution < 1.29 is 52.0 Å². The Hall–Kier alpha value is -3.49. The van der Waals surface area contributed by atoms with Gasteiger partial charge in [-0.25, -0.2) is 4.79 Å². The molecule has 35 heavy (non-hydrogen) atoms. The fourth-order valence-electron chi connectivity index (χ4n) is 2.87. The summed E-state index contributed by atoms with van der Waals surface area (Å²) in [6.45, 7) is 2.00. The van der Waals surface area contributed by atoms with Crippen LogP contribution in [0.25, 0.3) is 6.08 Å². The van der Waals surface area contributed by atoms with Crippen molar-refractivity contribution in [3.05, 3.63) is 54.6 Å². The molecule has 0 N–H and O–H groups in total. The van der Waals surface area contributed by atoms with Crippen LogP contribution < -0.4 is 4.74 Å². The van der Waals surface area contributed by atoms with Gasteiger partial charge in [0.1, 0.15) is 25.6 Å². The molecule has 0 fully saturated rings. The first-order chi connectivity index (χ1) is 16.0. The van der Waals surface area contributed by atoms with E-state index in [1.807, 2.05) is 0 Å². The van der Waals surface area contributed by atoms with Gasteiger partial charge in [-0.05, 0) is 29.2 Å². The maximum absolute atomic E-state index is 14.0. The van der Waals surface area contributed by atoms with Gasteiger partial charge in [0.15, 0.2) is 6.10 Å². The van der Waals surface area contributed by atoms with Crippen LogP contribution in [0.15, 0.2) is 18.2 Å². The summed E-state index contributed by atoms with van der Waals surface area (Å²) in [5.74, 6) is -0.159. The smallest absolute Gasteiger partial charge is 0.469 e. The first-order valence-corrected chi connectivity index (χ1v) is 10.1. The lowest BCUT2D eigenvalue weighted by atomic mass is 9.85. The number of carbonyl (C=O) groups is 1. The summed E-state index contributed by atoms with van der Waals surface area (Å²) in [5.41, 5.74) is -2.85. The highest BCUT2D eigenvalue weighted by Gasteiger charge is 2.58. The Morgan fingerprint density at radius 2 is 1.71 bits per heavy atom. The Morgan fingerprint density at radius 1 is 1.14 bits per heavy atom. The number of hydrogen-bond donors (Lipinski definition) is 0. The van der Waals surface area contributed by atoms with E-state index in [-0.39, 0.29) is 11.3 Å². The number of hydrogen-bond acceptors (Lipinski definition) is 10. The van der Waals surface area contributed by atoms with Gasteiger partial charge in [-0.3, -0.25) is 0 Å². The van der Waals surface area contributed by atoms with Gasteiger partial charge in [0.2, 0.25) is 0 Å². The van der Waals surface area contributed by atoms with Gasteiger partial charge in [-0.1, -0.05) is 38.4 Å². The Balaban J connectivity index is 2.20. The maximum Gasteiger partial charge on any atom is 0.508 e. The molecule has 1 atom stereocenters. The van der Waals surface area contributed by atoms with Crippen LogP contribution in [-0.4, -0.2) is 54.0 Å². The summed E-state index contributed by atoms with van der Waals surface area (Å²) in [6.07, 6.45) is -6.78. The molecule has 1 aromatic carbocycles. The van der Waals surface area contributed by atoms with Crippen molar-refractivity contribution in [1.29, 1.82) is 0 Å². The molecule has 1 aliphatic rings. The van der Waals surface area contributed by atoms with Crippen LogP contribution >= 0.6 is 11.6 Å². The Bertz CT molecular complexity index is 994. The Labute approximate surface area is 200 Å². The minimum Gasteiger partial charge on any atom is -0.469 e. The molecule has 1 aliphatic heterocycles. The largest absolute Gasteiger partial charge is 0.508 e. The van der Waals surface area contributed by atoms with Gasteiger partial charge < -0.3 is 23.9 Å². The molecule has 0 saturated heterocycles. The molecule has 0 saturated carbocycles. The lowest BCUT2D eigenvalue weighted by Gasteiger charge is -2.36. The summed E-state index contributed by atoms with van der Waals surface area (Å²) >= 11 is 6.25. The van der Waals surface area contributed by atoms with E-state index in [9.17, 15) is 38.2 Å². The number of fused-ring (bicyclic) bond motifs is 1. The van der Waals surface area contributed by atoms with Crippen LogP contribution in [0, 0.1) is 20.2 Å². The molecular weight excluding hydrogens is 509 g/mol. The fourth-order valence-corrected chi connectivity index (χ4v) is 3.32. The maximum atomic E-state index is 14.0. The number of alkyl halides is 3. The molecule has 1 aromatic rings. The molecule has 194 valence electrons. The molecule has 0 spiro atoms. The van der Waals surface area contributed by atoms with Crippen LogP contribution in [0.5, 0.6) is 5.75 Å². The molecule has 0 aliphatic carbocycles. The van der Waals surface area contributed by atoms with E-state index < -0.39 is 59.4 Å². The van der Waals surface area contributed by atoms with E-state index >= 15 is 0 Å². The van der Waals surface area contributed by atoms with Gasteiger partial charge in [-0.2, -0.15) is 13.2 Å². The summed E-state index contributed by atoms with van der Waals surface area (Å²) in [6, 6.07) is 2.80. The van der Waals surface area contributed by atoms with Crippen molar-refractivity contribution in [2.45, 2.75) is 44.1 Å². The van der Waals surface area contributed by atoms with Crippen LogP contribution in [-0.2, 0) is 24.6 Å². The van der Waals surface area contributed by atoms with E-state index in [0.29, 0.717) is 16.7 Å². The average molecular weight is 529 g/mol. The molecule has 1 unspecified atom stereocenters. The first-order valence-electron chi connectivity index (χ1n) is 9.71. The van der Waals surface area contributed by atoms with Gasteiger partial charge in [0.05, 0.1) is 0 Å². The van der Waals surface area contributed by atoms with Crippen molar-refractivity contribution in [3.63, 3.8) is 0 Å². The number of carbonyl (C=O) groups excluding carboxylic acids is 1. The number of benzene rings is 1. The van der Waals surface area contributed by atoms with Crippen LogP contribution in [0.4, 0.5) is 18.0 Å². The zero-order chi connectivity index (χ0) is 26.6. The monoisotopic (exact) mass is 528 g/mol. The SMILES string of the molecule is CC(C)(C)c1cc2c(cc1Cl)C=CC(COC(=O)OC(CO[N+](=O)[O-])CO[N+](=O)[O-])(C(F)(F)F)O2. The third-order valence-electron chi connectivity index (χ3n) is 4.61. The second-order valence-corrected chi connectivity index (χ2v) is 8.67. The highest BCUT2D eigenvalue weighted by atomic mass is 35.5. The molecule has 16 heteroatoms. The number of halogens is 4. The predicted octanol–water partition coefficient (Wildman–Crippen LogP) is 4.28. The summed E-state index contributed by atoms with van der Waals surface area (Å²) in [7, 11) is 0. The molecule has 0 aromatic heterocycles. The lowest BCUT2D eigenvalue weighted by molar-refractivity contribution is -0.768. The second kappa shape index (κ2) is 10.4.